The highest BCUT2D eigenvalue weighted by molar-refractivity contribution is 6.26. The molecule has 7 heteroatoms. The summed E-state index contributed by atoms with van der Waals surface area (Å²) in [4.78, 5) is 13.6. The summed E-state index contributed by atoms with van der Waals surface area (Å²) in [5.74, 6) is 1.67. The van der Waals surface area contributed by atoms with Crippen LogP contribution in [0.4, 0.5) is 5.69 Å². The van der Waals surface area contributed by atoms with Crippen molar-refractivity contribution in [3.05, 3.63) is 35.4 Å². The van der Waals surface area contributed by atoms with E-state index < -0.39 is 0 Å². The first-order valence-electron chi connectivity index (χ1n) is 12.6. The van der Waals surface area contributed by atoms with Crippen LogP contribution in [0.2, 0.25) is 0 Å². The number of hydrogen-bond acceptors (Lipinski definition) is 7. The molecule has 182 valence electrons. The quantitative estimate of drug-likeness (QED) is 0.434. The van der Waals surface area contributed by atoms with Gasteiger partial charge >= 0.3 is 0 Å². The summed E-state index contributed by atoms with van der Waals surface area (Å²) in [6.45, 7) is 8.51. The molecule has 2 saturated heterocycles. The first-order chi connectivity index (χ1) is 16.5. The maximum atomic E-state index is 13.6. The predicted octanol–water partition coefficient (Wildman–Crippen LogP) is 3.92. The Balaban J connectivity index is 1.55. The van der Waals surface area contributed by atoms with E-state index in [0.717, 1.165) is 44.3 Å². The molecule has 2 fully saturated rings. The van der Waals surface area contributed by atoms with E-state index in [2.05, 4.69) is 17.6 Å². The molecule has 3 aliphatic rings. The standard InChI is InChI=1S/C27H35N3O4/c1-4-32-21-14-22(34-16(3)19-10-7-13-30-19)26(28)25-24(21)23-17(27(25)31)8-5-11-20(23)33-15(2)18-9-6-12-29-18/h5,8,11,14-16,18-19,29-30H,4,6-7,9-10,12-13,28H2,1-3H3. The number of benzene rings is 2. The molecule has 4 N–H and O–H groups in total. The Labute approximate surface area is 201 Å². The average Bonchev–Trinajstić information content (AvgIpc) is 3.59. The van der Waals surface area contributed by atoms with E-state index in [1.54, 1.807) is 0 Å². The second kappa shape index (κ2) is 9.47. The Morgan fingerprint density at radius 1 is 0.941 bits per heavy atom. The fourth-order valence-electron chi connectivity index (χ4n) is 5.50. The van der Waals surface area contributed by atoms with Gasteiger partial charge in [0.15, 0.2) is 5.78 Å². The predicted molar refractivity (Wildman–Crippen MR) is 133 cm³/mol. The maximum Gasteiger partial charge on any atom is 0.196 e. The first-order valence-corrected chi connectivity index (χ1v) is 12.6. The third-order valence-corrected chi connectivity index (χ3v) is 7.30. The zero-order chi connectivity index (χ0) is 23.8. The minimum Gasteiger partial charge on any atom is -0.493 e. The molecule has 0 amide bonds. The highest BCUT2D eigenvalue weighted by Gasteiger charge is 2.37. The monoisotopic (exact) mass is 465 g/mol. The SMILES string of the molecule is CCOc1cc(OC(C)C2CCCN2)c(N)c2c1-c1c(OC(C)C3CCCN3)cccc1C2=O. The van der Waals surface area contributed by atoms with Crippen LogP contribution in [0.25, 0.3) is 11.1 Å². The van der Waals surface area contributed by atoms with Crippen LogP contribution in [0.1, 0.15) is 62.4 Å². The minimum atomic E-state index is -0.113. The third-order valence-electron chi connectivity index (χ3n) is 7.30. The van der Waals surface area contributed by atoms with Crippen LogP contribution in [0.15, 0.2) is 24.3 Å². The van der Waals surface area contributed by atoms with Crippen LogP contribution in [0, 0.1) is 0 Å². The van der Waals surface area contributed by atoms with Crippen LogP contribution < -0.4 is 30.6 Å². The number of ketones is 1. The number of anilines is 1. The number of carbonyl (C=O) groups is 1. The van der Waals surface area contributed by atoms with Crippen LogP contribution in [-0.4, -0.2) is 49.8 Å². The van der Waals surface area contributed by atoms with Crippen molar-refractivity contribution in [2.24, 2.45) is 0 Å². The Kier molecular flexibility index (Phi) is 6.40. The van der Waals surface area contributed by atoms with Crippen molar-refractivity contribution in [2.75, 3.05) is 25.4 Å². The lowest BCUT2D eigenvalue weighted by molar-refractivity contribution is 0.104. The van der Waals surface area contributed by atoms with Crippen molar-refractivity contribution in [2.45, 2.75) is 70.7 Å². The lowest BCUT2D eigenvalue weighted by Crippen LogP contribution is -2.36. The van der Waals surface area contributed by atoms with Crippen molar-refractivity contribution >= 4 is 11.5 Å². The van der Waals surface area contributed by atoms with Gasteiger partial charge in [-0.1, -0.05) is 12.1 Å². The molecule has 2 aromatic rings. The molecule has 0 bridgehead atoms. The second-order valence-corrected chi connectivity index (χ2v) is 9.53. The zero-order valence-electron chi connectivity index (χ0n) is 20.3. The normalized spacial score (nSPS) is 22.9. The van der Waals surface area contributed by atoms with E-state index >= 15 is 0 Å². The van der Waals surface area contributed by atoms with Gasteiger partial charge in [-0.2, -0.15) is 0 Å². The number of hydrogen-bond donors (Lipinski definition) is 3. The van der Waals surface area contributed by atoms with Gasteiger partial charge in [-0.15, -0.1) is 0 Å². The molecule has 4 atom stereocenters. The third kappa shape index (κ3) is 4.01. The maximum absolute atomic E-state index is 13.6. The van der Waals surface area contributed by atoms with E-state index in [0.29, 0.717) is 52.3 Å². The van der Waals surface area contributed by atoms with Gasteiger partial charge in [0.2, 0.25) is 0 Å². The average molecular weight is 466 g/mol. The Bertz CT molecular complexity index is 1070. The van der Waals surface area contributed by atoms with E-state index in [9.17, 15) is 4.79 Å². The molecule has 0 radical (unpaired) electrons. The van der Waals surface area contributed by atoms with Gasteiger partial charge in [-0.3, -0.25) is 4.79 Å². The van der Waals surface area contributed by atoms with Gasteiger partial charge < -0.3 is 30.6 Å². The highest BCUT2D eigenvalue weighted by atomic mass is 16.5. The van der Waals surface area contributed by atoms with Crippen molar-refractivity contribution in [1.82, 2.24) is 10.6 Å². The Hall–Kier alpha value is -2.77. The summed E-state index contributed by atoms with van der Waals surface area (Å²) in [5.41, 5.74) is 9.47. The largest absolute Gasteiger partial charge is 0.493 e. The molecule has 2 heterocycles. The number of rotatable bonds is 8. The van der Waals surface area contributed by atoms with Gasteiger partial charge in [0.1, 0.15) is 29.5 Å². The van der Waals surface area contributed by atoms with E-state index in [1.807, 2.05) is 38.1 Å². The number of ether oxygens (including phenoxy) is 3. The first kappa shape index (κ1) is 23.0. The molecule has 1 aliphatic carbocycles. The minimum absolute atomic E-state index is 0.0246. The summed E-state index contributed by atoms with van der Waals surface area (Å²) < 4.78 is 18.8. The van der Waals surface area contributed by atoms with Crippen LogP contribution in [0.5, 0.6) is 17.2 Å². The van der Waals surface area contributed by atoms with Crippen molar-refractivity contribution in [3.8, 4) is 28.4 Å². The molecule has 7 nitrogen and oxygen atoms in total. The summed E-state index contributed by atoms with van der Waals surface area (Å²) in [7, 11) is 0. The molecular formula is C27H35N3O4. The zero-order valence-corrected chi connectivity index (χ0v) is 20.3. The number of nitrogens with one attached hydrogen (secondary N) is 2. The molecule has 0 aromatic heterocycles. The fourth-order valence-corrected chi connectivity index (χ4v) is 5.50. The molecule has 4 unspecified atom stereocenters. The van der Waals surface area contributed by atoms with Crippen LogP contribution >= 0.6 is 0 Å². The van der Waals surface area contributed by atoms with Gasteiger partial charge in [0.05, 0.1) is 17.9 Å². The van der Waals surface area contributed by atoms with Crippen molar-refractivity contribution in [1.29, 1.82) is 0 Å². The molecule has 5 rings (SSSR count). The molecular weight excluding hydrogens is 430 g/mol. The van der Waals surface area contributed by atoms with Crippen molar-refractivity contribution in [3.63, 3.8) is 0 Å². The topological polar surface area (TPSA) is 94.8 Å². The van der Waals surface area contributed by atoms with Gasteiger partial charge in [0.25, 0.3) is 0 Å². The van der Waals surface area contributed by atoms with Crippen LogP contribution in [0.3, 0.4) is 0 Å². The number of nitrogens with two attached hydrogens (primary N) is 1. The Morgan fingerprint density at radius 3 is 2.18 bits per heavy atom. The van der Waals surface area contributed by atoms with E-state index in [1.165, 1.54) is 0 Å². The van der Waals surface area contributed by atoms with E-state index in [4.69, 9.17) is 19.9 Å². The Morgan fingerprint density at radius 2 is 1.59 bits per heavy atom. The summed E-state index contributed by atoms with van der Waals surface area (Å²) in [5, 5.41) is 6.98. The van der Waals surface area contributed by atoms with E-state index in [-0.39, 0.29) is 24.0 Å². The van der Waals surface area contributed by atoms with Crippen molar-refractivity contribution < 1.29 is 19.0 Å². The van der Waals surface area contributed by atoms with Gasteiger partial charge in [-0.25, -0.2) is 0 Å². The lowest BCUT2D eigenvalue weighted by Gasteiger charge is -2.24. The number of nitrogen functional groups attached to an aromatic ring is 1. The molecule has 34 heavy (non-hydrogen) atoms. The second-order valence-electron chi connectivity index (χ2n) is 9.53. The lowest BCUT2D eigenvalue weighted by atomic mass is 10.0. The molecule has 2 aromatic carbocycles. The highest BCUT2D eigenvalue weighted by Crippen LogP contribution is 2.52. The summed E-state index contributed by atoms with van der Waals surface area (Å²) in [6.07, 6.45) is 4.32. The summed E-state index contributed by atoms with van der Waals surface area (Å²) >= 11 is 0. The smallest absolute Gasteiger partial charge is 0.196 e. The number of fused-ring (bicyclic) bond motifs is 3. The fraction of sp³-hybridized carbons (Fsp3) is 0.519. The van der Waals surface area contributed by atoms with Gasteiger partial charge in [0, 0.05) is 34.8 Å². The summed E-state index contributed by atoms with van der Waals surface area (Å²) in [6, 6.07) is 8.03. The van der Waals surface area contributed by atoms with Gasteiger partial charge in [-0.05, 0) is 65.6 Å². The number of carbonyl (C=O) groups excluding carboxylic acids is 1. The molecule has 2 aliphatic heterocycles. The van der Waals surface area contributed by atoms with Crippen LogP contribution in [-0.2, 0) is 0 Å². The molecule has 0 spiro atoms. The molecule has 0 saturated carbocycles.